The molecule has 0 unspecified atom stereocenters. The number of nitrogens with zero attached hydrogens (tertiary/aromatic N) is 5. The third kappa shape index (κ3) is 3.43. The van der Waals surface area contributed by atoms with Gasteiger partial charge in [0.25, 0.3) is 0 Å². The summed E-state index contributed by atoms with van der Waals surface area (Å²) in [7, 11) is 0. The largest absolute Gasteiger partial charge is 0.342 e. The van der Waals surface area contributed by atoms with Crippen LogP contribution < -0.4 is 4.90 Å². The average Bonchev–Trinajstić information content (AvgIpc) is 2.62. The molecule has 0 radical (unpaired) electrons. The summed E-state index contributed by atoms with van der Waals surface area (Å²) in [5.41, 5.74) is 0. The van der Waals surface area contributed by atoms with Gasteiger partial charge < -0.3 is 14.7 Å². The molecule has 7 nitrogen and oxygen atoms in total. The molecule has 23 heavy (non-hydrogen) atoms. The van der Waals surface area contributed by atoms with Crippen LogP contribution in [0.4, 0.5) is 5.95 Å². The Bertz CT molecular complexity index is 557. The van der Waals surface area contributed by atoms with Crippen LogP contribution in [0.2, 0.25) is 0 Å². The number of likely N-dealkylation sites (tertiary alicyclic amines) is 1. The molecule has 2 aliphatic heterocycles. The lowest BCUT2D eigenvalue weighted by atomic mass is 9.95. The van der Waals surface area contributed by atoms with Crippen molar-refractivity contribution in [1.29, 1.82) is 0 Å². The van der Waals surface area contributed by atoms with Crippen molar-refractivity contribution in [3.05, 3.63) is 18.5 Å². The Morgan fingerprint density at radius 1 is 1.22 bits per heavy atom. The van der Waals surface area contributed by atoms with E-state index in [2.05, 4.69) is 14.9 Å². The minimum absolute atomic E-state index is 0.0489. The molecule has 0 N–H and O–H groups in total. The fourth-order valence-electron chi connectivity index (χ4n) is 3.26. The highest BCUT2D eigenvalue weighted by atomic mass is 16.2. The van der Waals surface area contributed by atoms with Crippen molar-refractivity contribution < 1.29 is 9.59 Å². The molecule has 3 rings (SSSR count). The molecule has 2 saturated heterocycles. The zero-order valence-electron chi connectivity index (χ0n) is 13.5. The minimum Gasteiger partial charge on any atom is -0.342 e. The Labute approximate surface area is 136 Å². The second-order valence-corrected chi connectivity index (χ2v) is 6.03. The van der Waals surface area contributed by atoms with E-state index < -0.39 is 0 Å². The zero-order chi connectivity index (χ0) is 16.2. The third-order valence-electron chi connectivity index (χ3n) is 4.66. The molecule has 0 aromatic carbocycles. The Balaban J connectivity index is 1.55. The maximum atomic E-state index is 12.7. The number of amides is 2. The van der Waals surface area contributed by atoms with Crippen LogP contribution in [0.15, 0.2) is 18.5 Å². The van der Waals surface area contributed by atoms with Crippen LogP contribution in [0.3, 0.4) is 0 Å². The van der Waals surface area contributed by atoms with Gasteiger partial charge in [-0.05, 0) is 19.4 Å². The summed E-state index contributed by atoms with van der Waals surface area (Å²) in [6.07, 6.45) is 4.63. The monoisotopic (exact) mass is 317 g/mol. The van der Waals surface area contributed by atoms with Crippen molar-refractivity contribution in [2.75, 3.05) is 44.2 Å². The molecule has 2 amide bonds. The Kier molecular flexibility index (Phi) is 4.73. The highest BCUT2D eigenvalue weighted by Gasteiger charge is 2.33. The van der Waals surface area contributed by atoms with Crippen molar-refractivity contribution in [2.24, 2.45) is 5.92 Å². The van der Waals surface area contributed by atoms with Gasteiger partial charge in [-0.3, -0.25) is 9.59 Å². The maximum absolute atomic E-state index is 12.7. The van der Waals surface area contributed by atoms with Crippen molar-refractivity contribution >= 4 is 17.8 Å². The second-order valence-electron chi connectivity index (χ2n) is 6.03. The summed E-state index contributed by atoms with van der Waals surface area (Å²) in [5, 5.41) is 0. The molecule has 124 valence electrons. The third-order valence-corrected chi connectivity index (χ3v) is 4.66. The van der Waals surface area contributed by atoms with Gasteiger partial charge in [0.1, 0.15) is 0 Å². The van der Waals surface area contributed by atoms with E-state index >= 15 is 0 Å². The molecule has 3 heterocycles. The van der Waals surface area contributed by atoms with E-state index in [1.54, 1.807) is 23.4 Å². The van der Waals surface area contributed by atoms with E-state index in [4.69, 9.17) is 0 Å². The fraction of sp³-hybridized carbons (Fsp3) is 0.625. The van der Waals surface area contributed by atoms with Crippen LogP contribution in [0.1, 0.15) is 19.8 Å². The van der Waals surface area contributed by atoms with Gasteiger partial charge in [0.15, 0.2) is 0 Å². The molecule has 1 aromatic rings. The van der Waals surface area contributed by atoms with Crippen molar-refractivity contribution in [3.63, 3.8) is 0 Å². The van der Waals surface area contributed by atoms with Crippen molar-refractivity contribution in [2.45, 2.75) is 19.8 Å². The maximum Gasteiger partial charge on any atom is 0.227 e. The number of hydrogen-bond acceptors (Lipinski definition) is 5. The molecule has 0 saturated carbocycles. The van der Waals surface area contributed by atoms with Gasteiger partial charge in [-0.2, -0.15) is 0 Å². The van der Waals surface area contributed by atoms with Crippen LogP contribution in [-0.2, 0) is 9.59 Å². The Hall–Kier alpha value is -2.18. The van der Waals surface area contributed by atoms with E-state index in [1.165, 1.54) is 0 Å². The van der Waals surface area contributed by atoms with Gasteiger partial charge in [-0.1, -0.05) is 0 Å². The lowest BCUT2D eigenvalue weighted by molar-refractivity contribution is -0.143. The minimum atomic E-state index is -0.0489. The SMILES string of the molecule is CCN1C[C@@H](C(=O)N2CCN(c3ncccn3)CC2)CCC1=O. The summed E-state index contributed by atoms with van der Waals surface area (Å²) >= 11 is 0. The smallest absolute Gasteiger partial charge is 0.227 e. The predicted octanol–water partition coefficient (Wildman–Crippen LogP) is 0.384. The molecule has 1 aromatic heterocycles. The number of rotatable bonds is 3. The molecule has 2 aliphatic rings. The number of aromatic nitrogens is 2. The van der Waals surface area contributed by atoms with E-state index in [0.29, 0.717) is 39.0 Å². The normalized spacial score (nSPS) is 22.4. The van der Waals surface area contributed by atoms with Gasteiger partial charge in [0.2, 0.25) is 17.8 Å². The van der Waals surface area contributed by atoms with Crippen LogP contribution in [0.5, 0.6) is 0 Å². The second kappa shape index (κ2) is 6.93. The number of carbonyl (C=O) groups is 2. The van der Waals surface area contributed by atoms with Gasteiger partial charge in [-0.15, -0.1) is 0 Å². The first kappa shape index (κ1) is 15.7. The first-order valence-corrected chi connectivity index (χ1v) is 8.27. The van der Waals surface area contributed by atoms with Gasteiger partial charge in [0.05, 0.1) is 5.92 Å². The van der Waals surface area contributed by atoms with Crippen LogP contribution in [0, 0.1) is 5.92 Å². The molecule has 7 heteroatoms. The molecule has 1 atom stereocenters. The fourth-order valence-corrected chi connectivity index (χ4v) is 3.26. The van der Waals surface area contributed by atoms with Crippen LogP contribution in [-0.4, -0.2) is 70.9 Å². The summed E-state index contributed by atoms with van der Waals surface area (Å²) < 4.78 is 0. The number of hydrogen-bond donors (Lipinski definition) is 0. The van der Waals surface area contributed by atoms with Gasteiger partial charge >= 0.3 is 0 Å². The first-order valence-electron chi connectivity index (χ1n) is 8.27. The summed E-state index contributed by atoms with van der Waals surface area (Å²) in [6, 6.07) is 1.80. The van der Waals surface area contributed by atoms with E-state index in [9.17, 15) is 9.59 Å². The Morgan fingerprint density at radius 3 is 2.57 bits per heavy atom. The lowest BCUT2D eigenvalue weighted by Crippen LogP contribution is -2.53. The van der Waals surface area contributed by atoms with Crippen molar-refractivity contribution in [3.8, 4) is 0 Å². The van der Waals surface area contributed by atoms with E-state index in [0.717, 1.165) is 19.0 Å². The van der Waals surface area contributed by atoms with Crippen LogP contribution in [0.25, 0.3) is 0 Å². The molecule has 0 bridgehead atoms. The average molecular weight is 317 g/mol. The molecular weight excluding hydrogens is 294 g/mol. The number of piperazine rings is 1. The van der Waals surface area contributed by atoms with Gasteiger partial charge in [-0.25, -0.2) is 9.97 Å². The number of carbonyl (C=O) groups excluding carboxylic acids is 2. The first-order chi connectivity index (χ1) is 11.2. The molecule has 0 spiro atoms. The highest BCUT2D eigenvalue weighted by molar-refractivity contribution is 5.84. The standard InChI is InChI=1S/C16H23N5O2/c1-2-19-12-13(4-5-14(19)22)15(23)20-8-10-21(11-9-20)16-17-6-3-7-18-16/h3,6-7,13H,2,4-5,8-12H2,1H3/t13-/m0/s1. The summed E-state index contributed by atoms with van der Waals surface area (Å²) in [6.45, 7) is 6.08. The molecule has 0 aliphatic carbocycles. The number of anilines is 1. The van der Waals surface area contributed by atoms with Crippen LogP contribution >= 0.6 is 0 Å². The van der Waals surface area contributed by atoms with E-state index in [-0.39, 0.29) is 17.7 Å². The molecular formula is C16H23N5O2. The highest BCUT2D eigenvalue weighted by Crippen LogP contribution is 2.21. The lowest BCUT2D eigenvalue weighted by Gasteiger charge is -2.38. The molecule has 2 fully saturated rings. The number of piperidine rings is 1. The summed E-state index contributed by atoms with van der Waals surface area (Å²) in [4.78, 5) is 38.8. The Morgan fingerprint density at radius 2 is 1.91 bits per heavy atom. The quantitative estimate of drug-likeness (QED) is 0.806. The van der Waals surface area contributed by atoms with E-state index in [1.807, 2.05) is 11.8 Å². The summed E-state index contributed by atoms with van der Waals surface area (Å²) in [5.74, 6) is 1.03. The van der Waals surface area contributed by atoms with Gasteiger partial charge in [0, 0.05) is 58.1 Å². The zero-order valence-corrected chi connectivity index (χ0v) is 13.5. The van der Waals surface area contributed by atoms with Crippen molar-refractivity contribution in [1.82, 2.24) is 19.8 Å². The topological polar surface area (TPSA) is 69.6 Å². The predicted molar refractivity (Wildman–Crippen MR) is 85.8 cm³/mol.